The predicted molar refractivity (Wildman–Crippen MR) is 100 cm³/mol. The van der Waals surface area contributed by atoms with Gasteiger partial charge in [0.2, 0.25) is 0 Å². The Morgan fingerprint density at radius 2 is 1.84 bits per heavy atom. The van der Waals surface area contributed by atoms with E-state index in [1.54, 1.807) is 0 Å². The van der Waals surface area contributed by atoms with E-state index in [1.165, 1.54) is 0 Å². The number of piperidine rings is 1. The van der Waals surface area contributed by atoms with Crippen LogP contribution in [0.5, 0.6) is 0 Å². The van der Waals surface area contributed by atoms with Gasteiger partial charge in [-0.15, -0.1) is 0 Å². The fourth-order valence-corrected chi connectivity index (χ4v) is 3.50. The monoisotopic (exact) mass is 345 g/mol. The summed E-state index contributed by atoms with van der Waals surface area (Å²) in [6, 6.07) is 2.60. The molecule has 0 saturated carbocycles. The molecule has 1 aromatic heterocycles. The van der Waals surface area contributed by atoms with Gasteiger partial charge in [0.05, 0.1) is 5.69 Å². The van der Waals surface area contributed by atoms with E-state index in [2.05, 4.69) is 50.9 Å². The van der Waals surface area contributed by atoms with E-state index < -0.39 is 0 Å². The molecule has 3 rings (SSSR count). The lowest BCUT2D eigenvalue weighted by Crippen LogP contribution is -2.46. The number of amides is 2. The van der Waals surface area contributed by atoms with E-state index in [4.69, 9.17) is 9.97 Å². The van der Waals surface area contributed by atoms with E-state index in [1.807, 2.05) is 4.90 Å². The van der Waals surface area contributed by atoms with Crippen molar-refractivity contribution in [1.82, 2.24) is 20.2 Å². The minimum absolute atomic E-state index is 0.00723. The molecule has 25 heavy (non-hydrogen) atoms. The Balaban J connectivity index is 1.76. The van der Waals surface area contributed by atoms with Gasteiger partial charge in [-0.2, -0.15) is 0 Å². The molecule has 0 atom stereocenters. The number of hydrogen-bond donors (Lipinski definition) is 1. The number of anilines is 1. The lowest BCUT2D eigenvalue weighted by atomic mass is 9.91. The van der Waals surface area contributed by atoms with Crippen molar-refractivity contribution in [2.24, 2.45) is 0 Å². The number of hydrogen-bond acceptors (Lipinski definition) is 4. The third-order valence-electron chi connectivity index (χ3n) is 5.13. The summed E-state index contributed by atoms with van der Waals surface area (Å²) in [5.41, 5.74) is 1.11. The molecule has 138 valence electrons. The summed E-state index contributed by atoms with van der Waals surface area (Å²) in [6.45, 7) is 14.4. The first-order chi connectivity index (χ1) is 11.8. The normalized spacial score (nSPS) is 19.7. The first kappa shape index (κ1) is 18.0. The van der Waals surface area contributed by atoms with Gasteiger partial charge in [0, 0.05) is 49.6 Å². The molecule has 2 aliphatic heterocycles. The molecule has 0 bridgehead atoms. The maximum Gasteiger partial charge on any atom is 0.317 e. The van der Waals surface area contributed by atoms with Crippen molar-refractivity contribution in [2.75, 3.05) is 31.1 Å². The van der Waals surface area contributed by atoms with Gasteiger partial charge in [-0.05, 0) is 12.8 Å². The summed E-state index contributed by atoms with van der Waals surface area (Å²) in [4.78, 5) is 25.8. The fraction of sp³-hybridized carbons (Fsp3) is 0.737. The van der Waals surface area contributed by atoms with Gasteiger partial charge in [-0.3, -0.25) is 0 Å². The smallest absolute Gasteiger partial charge is 0.317 e. The molecular formula is C19H31N5O. The Bertz CT molecular complexity index is 629. The number of carbonyl (C=O) groups excluding carboxylic acids is 1. The lowest BCUT2D eigenvalue weighted by molar-refractivity contribution is 0.186. The molecule has 6 heteroatoms. The molecule has 2 fully saturated rings. The maximum atomic E-state index is 11.9. The minimum atomic E-state index is 0.00723. The topological polar surface area (TPSA) is 61.4 Å². The van der Waals surface area contributed by atoms with Gasteiger partial charge in [-0.25, -0.2) is 14.8 Å². The highest BCUT2D eigenvalue weighted by Gasteiger charge is 2.31. The van der Waals surface area contributed by atoms with Crippen molar-refractivity contribution in [3.63, 3.8) is 0 Å². The number of carbonyl (C=O) groups is 1. The highest BCUT2D eigenvalue weighted by atomic mass is 16.2. The summed E-state index contributed by atoms with van der Waals surface area (Å²) in [5.74, 6) is 2.27. The van der Waals surface area contributed by atoms with Crippen LogP contribution in [0.4, 0.5) is 10.6 Å². The average molecular weight is 345 g/mol. The van der Waals surface area contributed by atoms with Crippen LogP contribution in [0.15, 0.2) is 6.07 Å². The molecule has 2 aliphatic rings. The van der Waals surface area contributed by atoms with E-state index >= 15 is 0 Å². The zero-order chi connectivity index (χ0) is 18.2. The third-order valence-corrected chi connectivity index (χ3v) is 5.13. The average Bonchev–Trinajstić information content (AvgIpc) is 3.00. The van der Waals surface area contributed by atoms with Gasteiger partial charge in [0.1, 0.15) is 11.6 Å². The molecule has 0 aromatic carbocycles. The van der Waals surface area contributed by atoms with Crippen molar-refractivity contribution in [1.29, 1.82) is 0 Å². The highest BCUT2D eigenvalue weighted by Crippen LogP contribution is 2.28. The van der Waals surface area contributed by atoms with Crippen LogP contribution in [-0.2, 0) is 5.41 Å². The van der Waals surface area contributed by atoms with E-state index in [9.17, 15) is 4.79 Å². The van der Waals surface area contributed by atoms with Crippen molar-refractivity contribution in [3.05, 3.63) is 17.6 Å². The number of urea groups is 1. The summed E-state index contributed by atoms with van der Waals surface area (Å²) < 4.78 is 0. The number of aromatic nitrogens is 2. The lowest BCUT2D eigenvalue weighted by Gasteiger charge is -2.37. The summed E-state index contributed by atoms with van der Waals surface area (Å²) in [6.07, 6.45) is 2.00. The van der Waals surface area contributed by atoms with E-state index in [0.29, 0.717) is 12.0 Å². The van der Waals surface area contributed by atoms with Crippen LogP contribution in [0.25, 0.3) is 0 Å². The van der Waals surface area contributed by atoms with Crippen LogP contribution in [0, 0.1) is 0 Å². The molecule has 0 radical (unpaired) electrons. The molecule has 0 aliphatic carbocycles. The molecule has 2 saturated heterocycles. The van der Waals surface area contributed by atoms with Gasteiger partial charge in [0.15, 0.2) is 0 Å². The largest absolute Gasteiger partial charge is 0.356 e. The van der Waals surface area contributed by atoms with Crippen LogP contribution in [0.1, 0.15) is 64.9 Å². The van der Waals surface area contributed by atoms with Crippen molar-refractivity contribution >= 4 is 11.8 Å². The number of rotatable bonds is 3. The standard InChI is InChI=1S/C19H31N5O/c1-13(2)17-21-15(19(3,4)5)12-16(22-17)23-9-6-14(7-10-23)24-11-8-20-18(24)25/h12-14H,6-11H2,1-5H3,(H,20,25). The minimum Gasteiger partial charge on any atom is -0.356 e. The van der Waals surface area contributed by atoms with E-state index in [-0.39, 0.29) is 11.4 Å². The third kappa shape index (κ3) is 3.88. The second kappa shape index (κ2) is 6.81. The van der Waals surface area contributed by atoms with Crippen molar-refractivity contribution < 1.29 is 4.79 Å². The number of nitrogens with zero attached hydrogens (tertiary/aromatic N) is 4. The SMILES string of the molecule is CC(C)c1nc(N2CCC(N3CCNC3=O)CC2)cc(C(C)(C)C)n1. The van der Waals surface area contributed by atoms with Gasteiger partial charge >= 0.3 is 6.03 Å². The first-order valence-corrected chi connectivity index (χ1v) is 9.44. The van der Waals surface area contributed by atoms with Crippen LogP contribution >= 0.6 is 0 Å². The van der Waals surface area contributed by atoms with Gasteiger partial charge in [-0.1, -0.05) is 34.6 Å². The molecule has 2 amide bonds. The van der Waals surface area contributed by atoms with Crippen LogP contribution in [0.2, 0.25) is 0 Å². The van der Waals surface area contributed by atoms with Crippen LogP contribution < -0.4 is 10.2 Å². The summed E-state index contributed by atoms with van der Waals surface area (Å²) >= 11 is 0. The fourth-order valence-electron chi connectivity index (χ4n) is 3.50. The van der Waals surface area contributed by atoms with Crippen molar-refractivity contribution in [2.45, 2.75) is 64.8 Å². The molecule has 0 spiro atoms. The molecule has 0 unspecified atom stereocenters. The quantitative estimate of drug-likeness (QED) is 0.915. The van der Waals surface area contributed by atoms with Gasteiger partial charge in [0.25, 0.3) is 0 Å². The zero-order valence-electron chi connectivity index (χ0n) is 16.2. The number of nitrogens with one attached hydrogen (secondary N) is 1. The second-order valence-corrected chi connectivity index (χ2v) is 8.52. The molecule has 6 nitrogen and oxygen atoms in total. The maximum absolute atomic E-state index is 11.9. The molecule has 3 heterocycles. The Hall–Kier alpha value is -1.85. The molecule has 1 N–H and O–H groups in total. The Morgan fingerprint density at radius 1 is 1.16 bits per heavy atom. The Labute approximate surface area is 151 Å². The van der Waals surface area contributed by atoms with Gasteiger partial charge < -0.3 is 15.1 Å². The Kier molecular flexibility index (Phi) is 4.89. The van der Waals surface area contributed by atoms with E-state index in [0.717, 1.165) is 56.4 Å². The first-order valence-electron chi connectivity index (χ1n) is 9.44. The Morgan fingerprint density at radius 3 is 2.36 bits per heavy atom. The second-order valence-electron chi connectivity index (χ2n) is 8.52. The van der Waals surface area contributed by atoms with Crippen LogP contribution in [0.3, 0.4) is 0 Å². The molecule has 1 aromatic rings. The van der Waals surface area contributed by atoms with Crippen molar-refractivity contribution in [3.8, 4) is 0 Å². The van der Waals surface area contributed by atoms with Crippen LogP contribution in [-0.4, -0.2) is 53.1 Å². The zero-order valence-corrected chi connectivity index (χ0v) is 16.2. The summed E-state index contributed by atoms with van der Waals surface area (Å²) in [7, 11) is 0. The predicted octanol–water partition coefficient (Wildman–Crippen LogP) is 2.89. The molecular weight excluding hydrogens is 314 g/mol. The highest BCUT2D eigenvalue weighted by molar-refractivity contribution is 5.76. The summed E-state index contributed by atoms with van der Waals surface area (Å²) in [5, 5.41) is 2.91.